The first-order chi connectivity index (χ1) is 9.69. The van der Waals surface area contributed by atoms with Crippen molar-refractivity contribution < 1.29 is 13.9 Å². The first-order valence-corrected chi connectivity index (χ1v) is 6.73. The van der Waals surface area contributed by atoms with Gasteiger partial charge in [-0.3, -0.25) is 4.79 Å². The van der Waals surface area contributed by atoms with Crippen LogP contribution in [0.5, 0.6) is 5.75 Å². The van der Waals surface area contributed by atoms with Crippen LogP contribution in [0, 0.1) is 5.82 Å². The molecule has 5 heteroatoms. The molecule has 3 aromatic rings. The van der Waals surface area contributed by atoms with Gasteiger partial charge >= 0.3 is 0 Å². The van der Waals surface area contributed by atoms with Gasteiger partial charge in [0.1, 0.15) is 11.6 Å². The number of ether oxygens (including phenoxy) is 1. The van der Waals surface area contributed by atoms with E-state index in [1.165, 1.54) is 30.6 Å². The van der Waals surface area contributed by atoms with Crippen LogP contribution in [0.1, 0.15) is 15.4 Å². The SMILES string of the molecule is COc1cccnc1C(=O)c1cc2ccc(F)cc2s1. The van der Waals surface area contributed by atoms with Crippen LogP contribution in [0.15, 0.2) is 42.6 Å². The number of hydrogen-bond donors (Lipinski definition) is 0. The van der Waals surface area contributed by atoms with E-state index in [1.807, 2.05) is 0 Å². The Bertz CT molecular complexity index is 797. The molecule has 2 heterocycles. The third-order valence-electron chi connectivity index (χ3n) is 2.91. The van der Waals surface area contributed by atoms with Crippen LogP contribution in [0.3, 0.4) is 0 Å². The van der Waals surface area contributed by atoms with Crippen molar-refractivity contribution in [2.24, 2.45) is 0 Å². The maximum absolute atomic E-state index is 13.2. The molecule has 0 saturated carbocycles. The van der Waals surface area contributed by atoms with Crippen LogP contribution in [0.25, 0.3) is 10.1 Å². The molecular weight excluding hydrogens is 277 g/mol. The fraction of sp³-hybridized carbons (Fsp3) is 0.0667. The lowest BCUT2D eigenvalue weighted by Crippen LogP contribution is -2.04. The molecule has 0 unspecified atom stereocenters. The topological polar surface area (TPSA) is 39.2 Å². The van der Waals surface area contributed by atoms with Gasteiger partial charge in [0.2, 0.25) is 5.78 Å². The Hall–Kier alpha value is -2.27. The smallest absolute Gasteiger partial charge is 0.225 e. The van der Waals surface area contributed by atoms with Crippen LogP contribution in [0.4, 0.5) is 4.39 Å². The zero-order valence-electron chi connectivity index (χ0n) is 10.6. The van der Waals surface area contributed by atoms with Gasteiger partial charge < -0.3 is 4.74 Å². The quantitative estimate of drug-likeness (QED) is 0.690. The van der Waals surface area contributed by atoms with E-state index in [0.717, 1.165) is 10.1 Å². The number of aromatic nitrogens is 1. The van der Waals surface area contributed by atoms with Gasteiger partial charge in [0.25, 0.3) is 0 Å². The highest BCUT2D eigenvalue weighted by Gasteiger charge is 2.18. The van der Waals surface area contributed by atoms with Gasteiger partial charge in [-0.2, -0.15) is 0 Å². The summed E-state index contributed by atoms with van der Waals surface area (Å²) in [5, 5.41) is 0.842. The summed E-state index contributed by atoms with van der Waals surface area (Å²) in [4.78, 5) is 17.0. The fourth-order valence-corrected chi connectivity index (χ4v) is 2.99. The molecule has 0 aliphatic rings. The minimum atomic E-state index is -0.311. The lowest BCUT2D eigenvalue weighted by atomic mass is 10.2. The van der Waals surface area contributed by atoms with E-state index in [0.29, 0.717) is 10.6 Å². The molecule has 0 spiro atoms. The minimum Gasteiger partial charge on any atom is -0.494 e. The predicted octanol–water partition coefficient (Wildman–Crippen LogP) is 3.68. The summed E-state index contributed by atoms with van der Waals surface area (Å²) >= 11 is 1.25. The Labute approximate surface area is 118 Å². The van der Waals surface area contributed by atoms with E-state index in [-0.39, 0.29) is 17.3 Å². The van der Waals surface area contributed by atoms with Crippen LogP contribution >= 0.6 is 11.3 Å². The summed E-state index contributed by atoms with van der Waals surface area (Å²) < 4.78 is 19.1. The molecular formula is C15H10FNO2S. The fourth-order valence-electron chi connectivity index (χ4n) is 1.96. The number of fused-ring (bicyclic) bond motifs is 1. The Kier molecular flexibility index (Phi) is 3.20. The van der Waals surface area contributed by atoms with Gasteiger partial charge in [-0.25, -0.2) is 9.37 Å². The minimum absolute atomic E-state index is 0.218. The number of rotatable bonds is 3. The number of ketones is 1. The number of thiophene rings is 1. The van der Waals surface area contributed by atoms with Crippen molar-refractivity contribution in [1.82, 2.24) is 4.98 Å². The number of nitrogens with zero attached hydrogens (tertiary/aromatic N) is 1. The van der Waals surface area contributed by atoms with Gasteiger partial charge in [-0.05, 0) is 35.7 Å². The maximum atomic E-state index is 13.2. The number of methoxy groups -OCH3 is 1. The van der Waals surface area contributed by atoms with E-state index in [4.69, 9.17) is 4.74 Å². The van der Waals surface area contributed by atoms with Gasteiger partial charge in [0, 0.05) is 10.9 Å². The summed E-state index contributed by atoms with van der Waals surface area (Å²) in [6, 6.07) is 9.60. The largest absolute Gasteiger partial charge is 0.494 e. The average Bonchev–Trinajstić information content (AvgIpc) is 2.89. The first kappa shape index (κ1) is 12.7. The second-order valence-corrected chi connectivity index (χ2v) is 5.26. The summed E-state index contributed by atoms with van der Waals surface area (Å²) in [6.07, 6.45) is 1.54. The van der Waals surface area contributed by atoms with Gasteiger partial charge in [0.15, 0.2) is 5.69 Å². The Morgan fingerprint density at radius 2 is 2.15 bits per heavy atom. The van der Waals surface area contributed by atoms with Crippen molar-refractivity contribution in [2.75, 3.05) is 7.11 Å². The lowest BCUT2D eigenvalue weighted by Gasteiger charge is -2.04. The standard InChI is InChI=1S/C15H10FNO2S/c1-19-11-3-2-6-17-14(11)15(18)13-7-9-4-5-10(16)8-12(9)20-13/h2-8H,1H3. The molecule has 0 aliphatic heterocycles. The molecule has 0 amide bonds. The predicted molar refractivity (Wildman–Crippen MR) is 76.0 cm³/mol. The van der Waals surface area contributed by atoms with Crippen molar-refractivity contribution in [3.05, 3.63) is 59.0 Å². The highest BCUT2D eigenvalue weighted by Crippen LogP contribution is 2.29. The van der Waals surface area contributed by atoms with Crippen LogP contribution in [-0.2, 0) is 0 Å². The average molecular weight is 287 g/mol. The van der Waals surface area contributed by atoms with Crippen molar-refractivity contribution in [1.29, 1.82) is 0 Å². The molecule has 100 valence electrons. The molecule has 2 aromatic heterocycles. The number of benzene rings is 1. The zero-order chi connectivity index (χ0) is 14.1. The number of pyridine rings is 1. The van der Waals surface area contributed by atoms with Crippen molar-refractivity contribution in [3.63, 3.8) is 0 Å². The van der Waals surface area contributed by atoms with E-state index < -0.39 is 0 Å². The second-order valence-electron chi connectivity index (χ2n) is 4.18. The lowest BCUT2D eigenvalue weighted by molar-refractivity contribution is 0.103. The van der Waals surface area contributed by atoms with E-state index >= 15 is 0 Å². The third kappa shape index (κ3) is 2.16. The summed E-state index contributed by atoms with van der Waals surface area (Å²) in [7, 11) is 1.49. The molecule has 0 bridgehead atoms. The first-order valence-electron chi connectivity index (χ1n) is 5.92. The molecule has 20 heavy (non-hydrogen) atoms. The van der Waals surface area contributed by atoms with Crippen LogP contribution in [-0.4, -0.2) is 17.9 Å². The number of carbonyl (C=O) groups excluding carboxylic acids is 1. The van der Waals surface area contributed by atoms with E-state index in [1.54, 1.807) is 30.5 Å². The van der Waals surface area contributed by atoms with Crippen molar-refractivity contribution in [2.45, 2.75) is 0 Å². The molecule has 0 fully saturated rings. The summed E-state index contributed by atoms with van der Waals surface area (Å²) in [5.41, 5.74) is 0.266. The molecule has 3 rings (SSSR count). The molecule has 0 aliphatic carbocycles. The van der Waals surface area contributed by atoms with Crippen molar-refractivity contribution >= 4 is 27.2 Å². The van der Waals surface area contributed by atoms with Crippen LogP contribution < -0.4 is 4.74 Å². The summed E-state index contributed by atoms with van der Waals surface area (Å²) in [5.74, 6) is -0.0982. The third-order valence-corrected chi connectivity index (χ3v) is 4.01. The number of carbonyl (C=O) groups is 1. The molecule has 0 N–H and O–H groups in total. The Morgan fingerprint density at radius 3 is 2.95 bits per heavy atom. The normalized spacial score (nSPS) is 10.7. The summed E-state index contributed by atoms with van der Waals surface area (Å²) in [6.45, 7) is 0. The Balaban J connectivity index is 2.08. The second kappa shape index (κ2) is 5.02. The zero-order valence-corrected chi connectivity index (χ0v) is 11.4. The van der Waals surface area contributed by atoms with Crippen LogP contribution in [0.2, 0.25) is 0 Å². The Morgan fingerprint density at radius 1 is 1.30 bits per heavy atom. The van der Waals surface area contributed by atoms with Gasteiger partial charge in [0.05, 0.1) is 12.0 Å². The molecule has 3 nitrogen and oxygen atoms in total. The van der Waals surface area contributed by atoms with E-state index in [9.17, 15) is 9.18 Å². The highest BCUT2D eigenvalue weighted by atomic mass is 32.1. The molecule has 0 saturated heterocycles. The molecule has 1 aromatic carbocycles. The van der Waals surface area contributed by atoms with E-state index in [2.05, 4.69) is 4.98 Å². The van der Waals surface area contributed by atoms with Crippen molar-refractivity contribution in [3.8, 4) is 5.75 Å². The van der Waals surface area contributed by atoms with Gasteiger partial charge in [-0.15, -0.1) is 11.3 Å². The molecule has 0 atom stereocenters. The maximum Gasteiger partial charge on any atom is 0.225 e. The number of hydrogen-bond acceptors (Lipinski definition) is 4. The number of halogens is 1. The van der Waals surface area contributed by atoms with Gasteiger partial charge in [-0.1, -0.05) is 6.07 Å². The highest BCUT2D eigenvalue weighted by molar-refractivity contribution is 7.21. The molecule has 0 radical (unpaired) electrons. The monoisotopic (exact) mass is 287 g/mol.